The number of nitrogens with one attached hydrogen (secondary N) is 2. The van der Waals surface area contributed by atoms with Gasteiger partial charge in [-0.3, -0.25) is 4.79 Å². The third-order valence-corrected chi connectivity index (χ3v) is 3.81. The van der Waals surface area contributed by atoms with Gasteiger partial charge in [0.15, 0.2) is 11.5 Å². The maximum absolute atomic E-state index is 11.9. The summed E-state index contributed by atoms with van der Waals surface area (Å²) in [4.78, 5) is 11.9. The van der Waals surface area contributed by atoms with Gasteiger partial charge < -0.3 is 20.1 Å². The van der Waals surface area contributed by atoms with Crippen molar-refractivity contribution in [3.8, 4) is 11.5 Å². The average Bonchev–Trinajstić information content (AvgIpc) is 3.00. The van der Waals surface area contributed by atoms with Crippen LogP contribution in [0.4, 0.5) is 5.69 Å². The summed E-state index contributed by atoms with van der Waals surface area (Å²) in [7, 11) is 3.17. The van der Waals surface area contributed by atoms with E-state index in [1.54, 1.807) is 26.4 Å². The van der Waals surface area contributed by atoms with E-state index in [1.165, 1.54) is 25.7 Å². The van der Waals surface area contributed by atoms with Crippen LogP contribution in [0.3, 0.4) is 0 Å². The van der Waals surface area contributed by atoms with E-state index in [2.05, 4.69) is 10.6 Å². The quantitative estimate of drug-likeness (QED) is 0.811. The highest BCUT2D eigenvalue weighted by Crippen LogP contribution is 2.29. The molecule has 0 atom stereocenters. The Bertz CT molecular complexity index is 471. The maximum atomic E-state index is 11.9. The number of hydrogen-bond acceptors (Lipinski definition) is 4. The highest BCUT2D eigenvalue weighted by atomic mass is 16.5. The SMILES string of the molecule is COc1ccc(NC(=O)CCNC2CCCC2)cc1OC. The van der Waals surface area contributed by atoms with Crippen molar-refractivity contribution in [1.82, 2.24) is 5.32 Å². The maximum Gasteiger partial charge on any atom is 0.225 e. The number of carbonyl (C=O) groups excluding carboxylic acids is 1. The summed E-state index contributed by atoms with van der Waals surface area (Å²) in [6, 6.07) is 5.95. The Morgan fingerprint density at radius 1 is 1.19 bits per heavy atom. The van der Waals surface area contributed by atoms with Crippen LogP contribution >= 0.6 is 0 Å². The van der Waals surface area contributed by atoms with E-state index in [0.717, 1.165) is 12.2 Å². The Hall–Kier alpha value is -1.75. The molecule has 1 fully saturated rings. The molecule has 1 amide bonds. The Morgan fingerprint density at radius 3 is 2.57 bits per heavy atom. The number of carbonyl (C=O) groups is 1. The number of benzene rings is 1. The molecule has 0 heterocycles. The van der Waals surface area contributed by atoms with Crippen LogP contribution < -0.4 is 20.1 Å². The number of anilines is 1. The zero-order valence-corrected chi connectivity index (χ0v) is 12.8. The highest BCUT2D eigenvalue weighted by molar-refractivity contribution is 5.91. The van der Waals surface area contributed by atoms with Crippen LogP contribution in [-0.4, -0.2) is 32.7 Å². The molecule has 2 rings (SSSR count). The molecule has 5 nitrogen and oxygen atoms in total. The first-order valence-corrected chi connectivity index (χ1v) is 7.48. The van der Waals surface area contributed by atoms with Gasteiger partial charge in [0.1, 0.15) is 0 Å². The van der Waals surface area contributed by atoms with E-state index >= 15 is 0 Å². The van der Waals surface area contributed by atoms with Crippen LogP contribution in [0, 0.1) is 0 Å². The number of hydrogen-bond donors (Lipinski definition) is 2. The molecule has 1 aliphatic carbocycles. The molecule has 0 radical (unpaired) electrons. The third kappa shape index (κ3) is 4.63. The molecular weight excluding hydrogens is 268 g/mol. The van der Waals surface area contributed by atoms with Crippen LogP contribution in [0.15, 0.2) is 18.2 Å². The zero-order chi connectivity index (χ0) is 15.1. The van der Waals surface area contributed by atoms with Crippen molar-refractivity contribution < 1.29 is 14.3 Å². The van der Waals surface area contributed by atoms with Crippen molar-refractivity contribution in [3.05, 3.63) is 18.2 Å². The highest BCUT2D eigenvalue weighted by Gasteiger charge is 2.14. The lowest BCUT2D eigenvalue weighted by molar-refractivity contribution is -0.116. The molecule has 1 aromatic carbocycles. The summed E-state index contributed by atoms with van der Waals surface area (Å²) in [5, 5.41) is 6.31. The van der Waals surface area contributed by atoms with E-state index in [9.17, 15) is 4.79 Å². The van der Waals surface area contributed by atoms with Crippen LogP contribution in [0.25, 0.3) is 0 Å². The van der Waals surface area contributed by atoms with Crippen molar-refractivity contribution in [1.29, 1.82) is 0 Å². The second-order valence-corrected chi connectivity index (χ2v) is 5.30. The second-order valence-electron chi connectivity index (χ2n) is 5.30. The monoisotopic (exact) mass is 292 g/mol. The van der Waals surface area contributed by atoms with Crippen LogP contribution in [0.2, 0.25) is 0 Å². The fourth-order valence-corrected chi connectivity index (χ4v) is 2.66. The van der Waals surface area contributed by atoms with Crippen molar-refractivity contribution in [2.24, 2.45) is 0 Å². The first-order valence-electron chi connectivity index (χ1n) is 7.48. The van der Waals surface area contributed by atoms with Gasteiger partial charge in [0.05, 0.1) is 14.2 Å². The predicted molar refractivity (Wildman–Crippen MR) is 83.1 cm³/mol. The van der Waals surface area contributed by atoms with Crippen LogP contribution in [0.1, 0.15) is 32.1 Å². The first kappa shape index (κ1) is 15.6. The topological polar surface area (TPSA) is 59.6 Å². The summed E-state index contributed by atoms with van der Waals surface area (Å²) in [5.41, 5.74) is 0.721. The summed E-state index contributed by atoms with van der Waals surface area (Å²) in [6.07, 6.45) is 5.55. The summed E-state index contributed by atoms with van der Waals surface area (Å²) in [6.45, 7) is 0.726. The molecular formula is C16H24N2O3. The normalized spacial score (nSPS) is 15.0. The van der Waals surface area contributed by atoms with Crippen molar-refractivity contribution in [2.45, 2.75) is 38.1 Å². The lowest BCUT2D eigenvalue weighted by atomic mass is 10.2. The zero-order valence-electron chi connectivity index (χ0n) is 12.8. The van der Waals surface area contributed by atoms with E-state index in [1.807, 2.05) is 6.07 Å². The van der Waals surface area contributed by atoms with E-state index < -0.39 is 0 Å². The standard InChI is InChI=1S/C16H24N2O3/c1-20-14-8-7-13(11-15(14)21-2)18-16(19)9-10-17-12-5-3-4-6-12/h7-8,11-12,17H,3-6,9-10H2,1-2H3,(H,18,19). The lowest BCUT2D eigenvalue weighted by Gasteiger charge is -2.12. The van der Waals surface area contributed by atoms with Gasteiger partial charge in [-0.15, -0.1) is 0 Å². The fourth-order valence-electron chi connectivity index (χ4n) is 2.66. The minimum Gasteiger partial charge on any atom is -0.493 e. The van der Waals surface area contributed by atoms with Crippen LogP contribution in [-0.2, 0) is 4.79 Å². The van der Waals surface area contributed by atoms with Crippen molar-refractivity contribution in [3.63, 3.8) is 0 Å². The number of ether oxygens (including phenoxy) is 2. The van der Waals surface area contributed by atoms with Gasteiger partial charge in [-0.05, 0) is 25.0 Å². The molecule has 0 unspecified atom stereocenters. The van der Waals surface area contributed by atoms with Gasteiger partial charge in [-0.25, -0.2) is 0 Å². The molecule has 0 bridgehead atoms. The number of methoxy groups -OCH3 is 2. The van der Waals surface area contributed by atoms with Crippen molar-refractivity contribution >= 4 is 11.6 Å². The number of amides is 1. The van der Waals surface area contributed by atoms with Gasteiger partial charge in [0, 0.05) is 30.8 Å². The summed E-state index contributed by atoms with van der Waals surface area (Å²) < 4.78 is 10.4. The molecule has 2 N–H and O–H groups in total. The fraction of sp³-hybridized carbons (Fsp3) is 0.562. The van der Waals surface area contributed by atoms with E-state index in [0.29, 0.717) is 24.0 Å². The second kappa shape index (κ2) is 7.88. The predicted octanol–water partition coefficient (Wildman–Crippen LogP) is 2.56. The largest absolute Gasteiger partial charge is 0.493 e. The Labute approximate surface area is 126 Å². The Balaban J connectivity index is 1.78. The summed E-state index contributed by atoms with van der Waals surface area (Å²) in [5.74, 6) is 1.27. The third-order valence-electron chi connectivity index (χ3n) is 3.81. The first-order chi connectivity index (χ1) is 10.2. The molecule has 1 aliphatic rings. The summed E-state index contributed by atoms with van der Waals surface area (Å²) >= 11 is 0. The molecule has 0 aromatic heterocycles. The molecule has 116 valence electrons. The molecule has 5 heteroatoms. The van der Waals surface area contributed by atoms with Gasteiger partial charge in [-0.2, -0.15) is 0 Å². The Kier molecular flexibility index (Phi) is 5.87. The van der Waals surface area contributed by atoms with E-state index in [-0.39, 0.29) is 5.91 Å². The molecule has 21 heavy (non-hydrogen) atoms. The lowest BCUT2D eigenvalue weighted by Crippen LogP contribution is -2.29. The minimum absolute atomic E-state index is 0.00715. The molecule has 0 saturated heterocycles. The van der Waals surface area contributed by atoms with Crippen molar-refractivity contribution in [2.75, 3.05) is 26.1 Å². The average molecular weight is 292 g/mol. The van der Waals surface area contributed by atoms with Gasteiger partial charge in [0.25, 0.3) is 0 Å². The smallest absolute Gasteiger partial charge is 0.225 e. The molecule has 1 aromatic rings. The van der Waals surface area contributed by atoms with Gasteiger partial charge in [0.2, 0.25) is 5.91 Å². The Morgan fingerprint density at radius 2 is 1.90 bits per heavy atom. The van der Waals surface area contributed by atoms with E-state index in [4.69, 9.17) is 9.47 Å². The van der Waals surface area contributed by atoms with Gasteiger partial charge >= 0.3 is 0 Å². The van der Waals surface area contributed by atoms with Gasteiger partial charge in [-0.1, -0.05) is 12.8 Å². The number of rotatable bonds is 7. The molecule has 0 spiro atoms. The minimum atomic E-state index is 0.00715. The van der Waals surface area contributed by atoms with Crippen LogP contribution in [0.5, 0.6) is 11.5 Å². The molecule has 1 saturated carbocycles. The molecule has 0 aliphatic heterocycles.